The van der Waals surface area contributed by atoms with Crippen LogP contribution in [0.1, 0.15) is 69.4 Å². The first-order valence-electron chi connectivity index (χ1n) is 11.0. The summed E-state index contributed by atoms with van der Waals surface area (Å²) in [6, 6.07) is 18.1. The van der Waals surface area contributed by atoms with Crippen molar-refractivity contribution in [3.63, 3.8) is 0 Å². The van der Waals surface area contributed by atoms with Gasteiger partial charge in [-0.1, -0.05) is 94.0 Å². The van der Waals surface area contributed by atoms with Gasteiger partial charge in [-0.25, -0.2) is 0 Å². The van der Waals surface area contributed by atoms with Gasteiger partial charge in [-0.3, -0.25) is 0 Å². The zero-order valence-corrected chi connectivity index (χ0v) is 18.9. The highest BCUT2D eigenvalue weighted by atomic mass is 32.2. The van der Waals surface area contributed by atoms with Crippen LogP contribution in [0.2, 0.25) is 0 Å². The van der Waals surface area contributed by atoms with E-state index in [1.54, 1.807) is 6.21 Å². The minimum Gasteiger partial charge on any atom is -0.494 e. The summed E-state index contributed by atoms with van der Waals surface area (Å²) in [4.78, 5) is 0. The summed E-state index contributed by atoms with van der Waals surface area (Å²) in [6.45, 7) is 3.04. The first-order valence-corrected chi connectivity index (χ1v) is 12.0. The summed E-state index contributed by atoms with van der Waals surface area (Å²) in [7, 11) is 0. The minimum atomic E-state index is 0.459. The molecule has 0 aliphatic rings. The van der Waals surface area contributed by atoms with Gasteiger partial charge in [0.15, 0.2) is 5.17 Å². The van der Waals surface area contributed by atoms with Crippen LogP contribution in [0.4, 0.5) is 0 Å². The van der Waals surface area contributed by atoms with E-state index >= 15 is 0 Å². The molecule has 5 heteroatoms. The standard InChI is InChI=1S/C25H35N3OS/c1-2-3-4-5-6-7-8-12-19-29-24-17-15-22(16-18-24)20-27-28-25(26)30-21-23-13-10-9-11-14-23/h9-11,13-18,20H,2-8,12,19,21H2,1H3,(H2,26,28). The molecule has 0 aromatic heterocycles. The van der Waals surface area contributed by atoms with E-state index in [4.69, 9.17) is 10.5 Å². The monoisotopic (exact) mass is 425 g/mol. The molecule has 30 heavy (non-hydrogen) atoms. The number of hydrogen-bond donors (Lipinski definition) is 1. The number of benzene rings is 2. The summed E-state index contributed by atoms with van der Waals surface area (Å²) >= 11 is 1.48. The third kappa shape index (κ3) is 11.1. The van der Waals surface area contributed by atoms with Gasteiger partial charge in [0.1, 0.15) is 5.75 Å². The third-order valence-corrected chi connectivity index (χ3v) is 5.59. The highest BCUT2D eigenvalue weighted by Gasteiger charge is 1.97. The van der Waals surface area contributed by atoms with Crippen molar-refractivity contribution in [2.45, 2.75) is 64.0 Å². The molecular formula is C25H35N3OS. The summed E-state index contributed by atoms with van der Waals surface area (Å²) in [5.74, 6) is 1.69. The van der Waals surface area contributed by atoms with Crippen LogP contribution in [0, 0.1) is 0 Å². The van der Waals surface area contributed by atoms with Crippen molar-refractivity contribution in [1.82, 2.24) is 0 Å². The van der Waals surface area contributed by atoms with Crippen LogP contribution in [0.25, 0.3) is 0 Å². The largest absolute Gasteiger partial charge is 0.494 e. The van der Waals surface area contributed by atoms with Crippen LogP contribution in [0.3, 0.4) is 0 Å². The second-order valence-corrected chi connectivity index (χ2v) is 8.35. The van der Waals surface area contributed by atoms with Gasteiger partial charge in [-0.05, 0) is 41.8 Å². The molecule has 0 saturated carbocycles. The fourth-order valence-electron chi connectivity index (χ4n) is 2.99. The molecule has 4 nitrogen and oxygen atoms in total. The SMILES string of the molecule is CCCCCCCCCCOc1ccc(C=NN=C(N)SCc2ccccc2)cc1. The van der Waals surface area contributed by atoms with Crippen molar-refractivity contribution >= 4 is 23.1 Å². The Balaban J connectivity index is 1.60. The fourth-order valence-corrected chi connectivity index (χ4v) is 3.60. The normalized spacial score (nSPS) is 11.8. The third-order valence-electron chi connectivity index (χ3n) is 4.74. The molecule has 0 atom stereocenters. The van der Waals surface area contributed by atoms with E-state index in [2.05, 4.69) is 29.3 Å². The summed E-state index contributed by atoms with van der Waals surface area (Å²) in [6.07, 6.45) is 12.2. The smallest absolute Gasteiger partial charge is 0.180 e. The van der Waals surface area contributed by atoms with Gasteiger partial charge in [0.25, 0.3) is 0 Å². The number of rotatable bonds is 14. The molecule has 0 radical (unpaired) electrons. The predicted octanol–water partition coefficient (Wildman–Crippen LogP) is 6.79. The molecule has 0 aliphatic heterocycles. The Hall–Kier alpha value is -2.27. The summed E-state index contributed by atoms with van der Waals surface area (Å²) in [5.41, 5.74) is 8.10. The molecule has 0 spiro atoms. The van der Waals surface area contributed by atoms with Gasteiger partial charge in [0.2, 0.25) is 0 Å². The lowest BCUT2D eigenvalue weighted by Gasteiger charge is -2.06. The lowest BCUT2D eigenvalue weighted by atomic mass is 10.1. The van der Waals surface area contributed by atoms with E-state index < -0.39 is 0 Å². The van der Waals surface area contributed by atoms with Gasteiger partial charge in [0, 0.05) is 5.75 Å². The molecule has 2 rings (SSSR count). The van der Waals surface area contributed by atoms with Crippen LogP contribution in [-0.2, 0) is 5.75 Å². The topological polar surface area (TPSA) is 60.0 Å². The number of ether oxygens (including phenoxy) is 1. The number of nitrogens with two attached hydrogens (primary N) is 1. The van der Waals surface area contributed by atoms with Gasteiger partial charge >= 0.3 is 0 Å². The van der Waals surface area contributed by atoms with E-state index in [0.29, 0.717) is 5.17 Å². The van der Waals surface area contributed by atoms with E-state index in [0.717, 1.165) is 30.1 Å². The minimum absolute atomic E-state index is 0.459. The van der Waals surface area contributed by atoms with Crippen LogP contribution in [0.5, 0.6) is 5.75 Å². The van der Waals surface area contributed by atoms with E-state index in [9.17, 15) is 0 Å². The number of nitrogens with zero attached hydrogens (tertiary/aromatic N) is 2. The van der Waals surface area contributed by atoms with Crippen LogP contribution in [-0.4, -0.2) is 18.0 Å². The lowest BCUT2D eigenvalue weighted by Crippen LogP contribution is -2.06. The molecule has 0 bridgehead atoms. The Labute approximate surface area is 186 Å². The molecule has 0 amide bonds. The average molecular weight is 426 g/mol. The first-order chi connectivity index (χ1) is 14.8. The van der Waals surface area contributed by atoms with Gasteiger partial charge in [0.05, 0.1) is 12.8 Å². The highest BCUT2D eigenvalue weighted by Crippen LogP contribution is 2.14. The Morgan fingerprint density at radius 2 is 1.57 bits per heavy atom. The zero-order valence-electron chi connectivity index (χ0n) is 18.1. The summed E-state index contributed by atoms with van der Waals surface area (Å²) in [5, 5.41) is 8.59. The number of thioether (sulfide) groups is 1. The van der Waals surface area contributed by atoms with Crippen molar-refractivity contribution in [1.29, 1.82) is 0 Å². The second-order valence-electron chi connectivity index (χ2n) is 7.35. The van der Waals surface area contributed by atoms with Crippen molar-refractivity contribution in [2.24, 2.45) is 15.9 Å². The Kier molecular flexibility index (Phi) is 12.4. The Morgan fingerprint density at radius 3 is 2.27 bits per heavy atom. The van der Waals surface area contributed by atoms with Gasteiger partial charge < -0.3 is 10.5 Å². The van der Waals surface area contributed by atoms with Crippen LogP contribution in [0.15, 0.2) is 64.8 Å². The molecule has 162 valence electrons. The number of unbranched alkanes of at least 4 members (excludes halogenated alkanes) is 7. The molecule has 0 heterocycles. The van der Waals surface area contributed by atoms with Crippen molar-refractivity contribution in [2.75, 3.05) is 6.61 Å². The zero-order chi connectivity index (χ0) is 21.3. The maximum Gasteiger partial charge on any atom is 0.180 e. The maximum atomic E-state index is 5.91. The highest BCUT2D eigenvalue weighted by molar-refractivity contribution is 8.13. The first kappa shape index (κ1) is 24.0. The molecule has 0 aliphatic carbocycles. The molecule has 2 N–H and O–H groups in total. The molecule has 2 aromatic rings. The summed E-state index contributed by atoms with van der Waals surface area (Å²) < 4.78 is 5.83. The van der Waals surface area contributed by atoms with Gasteiger partial charge in [-0.2, -0.15) is 5.10 Å². The maximum absolute atomic E-state index is 5.91. The molecule has 0 saturated heterocycles. The average Bonchev–Trinajstić information content (AvgIpc) is 2.78. The molecule has 2 aromatic carbocycles. The van der Waals surface area contributed by atoms with Crippen LogP contribution >= 0.6 is 11.8 Å². The predicted molar refractivity (Wildman–Crippen MR) is 132 cm³/mol. The van der Waals surface area contributed by atoms with Crippen molar-refractivity contribution in [3.05, 3.63) is 65.7 Å². The second kappa shape index (κ2) is 15.6. The molecular weight excluding hydrogens is 390 g/mol. The van der Waals surface area contributed by atoms with Crippen LogP contribution < -0.4 is 10.5 Å². The van der Waals surface area contributed by atoms with Gasteiger partial charge in [-0.15, -0.1) is 5.10 Å². The van der Waals surface area contributed by atoms with Crippen molar-refractivity contribution in [3.8, 4) is 5.75 Å². The quantitative estimate of drug-likeness (QED) is 0.157. The molecule has 0 unspecified atom stereocenters. The van der Waals surface area contributed by atoms with E-state index in [1.807, 2.05) is 42.5 Å². The lowest BCUT2D eigenvalue weighted by molar-refractivity contribution is 0.304. The van der Waals surface area contributed by atoms with E-state index in [1.165, 1.54) is 62.3 Å². The molecule has 0 fully saturated rings. The Morgan fingerprint density at radius 1 is 0.900 bits per heavy atom. The number of amidine groups is 1. The van der Waals surface area contributed by atoms with E-state index in [-0.39, 0.29) is 0 Å². The fraction of sp³-hybridized carbons (Fsp3) is 0.440. The van der Waals surface area contributed by atoms with Crippen molar-refractivity contribution < 1.29 is 4.74 Å². The number of hydrogen-bond acceptors (Lipinski definition) is 4. The Bertz CT molecular complexity index is 745.